The van der Waals surface area contributed by atoms with Gasteiger partial charge in [-0.2, -0.15) is 0 Å². The third-order valence-electron chi connectivity index (χ3n) is 3.21. The molecule has 1 heterocycles. The number of nitrogens with zero attached hydrogens (tertiary/aromatic N) is 1. The Labute approximate surface area is 116 Å². The van der Waals surface area contributed by atoms with Crippen molar-refractivity contribution in [2.45, 2.75) is 19.8 Å². The SMILES string of the molecule is CCCCNC(=O)c1cn(C)c2ccc(F)cc2c1=O. The van der Waals surface area contributed by atoms with Crippen LogP contribution in [0.4, 0.5) is 4.39 Å². The number of hydrogen-bond acceptors (Lipinski definition) is 2. The van der Waals surface area contributed by atoms with Gasteiger partial charge in [-0.05, 0) is 24.6 Å². The third kappa shape index (κ3) is 2.71. The predicted octanol–water partition coefficient (Wildman–Crippen LogP) is 2.21. The quantitative estimate of drug-likeness (QED) is 0.870. The largest absolute Gasteiger partial charge is 0.352 e. The van der Waals surface area contributed by atoms with E-state index in [0.717, 1.165) is 12.8 Å². The van der Waals surface area contributed by atoms with E-state index in [1.165, 1.54) is 24.4 Å². The molecular weight excluding hydrogens is 259 g/mol. The van der Waals surface area contributed by atoms with Crippen LogP contribution in [0.2, 0.25) is 0 Å². The maximum absolute atomic E-state index is 13.3. The van der Waals surface area contributed by atoms with Crippen molar-refractivity contribution >= 4 is 16.8 Å². The highest BCUT2D eigenvalue weighted by atomic mass is 19.1. The third-order valence-corrected chi connectivity index (χ3v) is 3.21. The summed E-state index contributed by atoms with van der Waals surface area (Å²) < 4.78 is 14.9. The van der Waals surface area contributed by atoms with Crippen LogP contribution in [0.3, 0.4) is 0 Å². The fraction of sp³-hybridized carbons (Fsp3) is 0.333. The number of nitrogens with one attached hydrogen (secondary N) is 1. The van der Waals surface area contributed by atoms with Gasteiger partial charge in [0.1, 0.15) is 11.4 Å². The van der Waals surface area contributed by atoms with Crippen LogP contribution >= 0.6 is 0 Å². The standard InChI is InChI=1S/C15H17FN2O2/c1-3-4-7-17-15(20)12-9-18(2)13-6-5-10(16)8-11(13)14(12)19/h5-6,8-9H,3-4,7H2,1-2H3,(H,17,20). The number of aryl methyl sites for hydroxylation is 1. The van der Waals surface area contributed by atoms with Crippen molar-refractivity contribution in [2.24, 2.45) is 7.05 Å². The summed E-state index contributed by atoms with van der Waals surface area (Å²) in [6.45, 7) is 2.55. The molecule has 0 saturated heterocycles. The van der Waals surface area contributed by atoms with Gasteiger partial charge in [-0.15, -0.1) is 0 Å². The van der Waals surface area contributed by atoms with Gasteiger partial charge in [0.05, 0.1) is 5.52 Å². The van der Waals surface area contributed by atoms with Crippen LogP contribution in [0.5, 0.6) is 0 Å². The number of carbonyl (C=O) groups is 1. The lowest BCUT2D eigenvalue weighted by Crippen LogP contribution is -2.30. The number of halogens is 1. The Kier molecular flexibility index (Phi) is 4.17. The first-order chi connectivity index (χ1) is 9.54. The topological polar surface area (TPSA) is 51.1 Å². The van der Waals surface area contributed by atoms with Crippen LogP contribution < -0.4 is 10.7 Å². The molecule has 0 aliphatic heterocycles. The summed E-state index contributed by atoms with van der Waals surface area (Å²) in [6.07, 6.45) is 3.30. The first-order valence-electron chi connectivity index (χ1n) is 6.61. The summed E-state index contributed by atoms with van der Waals surface area (Å²) in [5.41, 5.74) is 0.204. The Hall–Kier alpha value is -2.17. The summed E-state index contributed by atoms with van der Waals surface area (Å²) >= 11 is 0. The predicted molar refractivity (Wildman–Crippen MR) is 76.4 cm³/mol. The first-order valence-corrected chi connectivity index (χ1v) is 6.61. The molecule has 0 fully saturated rings. The number of carbonyl (C=O) groups excluding carboxylic acids is 1. The molecule has 1 aromatic heterocycles. The number of hydrogen-bond donors (Lipinski definition) is 1. The van der Waals surface area contributed by atoms with Gasteiger partial charge in [0.15, 0.2) is 0 Å². The van der Waals surface area contributed by atoms with Crippen LogP contribution in [0.1, 0.15) is 30.1 Å². The van der Waals surface area contributed by atoms with E-state index in [1.807, 2.05) is 6.92 Å². The number of pyridine rings is 1. The number of benzene rings is 1. The minimum absolute atomic E-state index is 0.0432. The van der Waals surface area contributed by atoms with E-state index in [-0.39, 0.29) is 10.9 Å². The molecule has 1 aromatic carbocycles. The molecule has 0 aliphatic carbocycles. The van der Waals surface area contributed by atoms with Gasteiger partial charge in [-0.1, -0.05) is 13.3 Å². The average Bonchev–Trinajstić information content (AvgIpc) is 2.42. The number of aromatic nitrogens is 1. The molecule has 0 bridgehead atoms. The Balaban J connectivity index is 2.47. The van der Waals surface area contributed by atoms with Crippen molar-refractivity contribution in [1.29, 1.82) is 0 Å². The summed E-state index contributed by atoms with van der Waals surface area (Å²) in [5.74, 6) is -0.900. The molecule has 1 amide bonds. The van der Waals surface area contributed by atoms with Crippen molar-refractivity contribution in [2.75, 3.05) is 6.54 Å². The second-order valence-electron chi connectivity index (χ2n) is 4.75. The first kappa shape index (κ1) is 14.2. The summed E-state index contributed by atoms with van der Waals surface area (Å²) in [4.78, 5) is 24.3. The van der Waals surface area contributed by atoms with Crippen molar-refractivity contribution in [3.05, 3.63) is 46.0 Å². The molecule has 1 N–H and O–H groups in total. The van der Waals surface area contributed by atoms with Crippen molar-refractivity contribution < 1.29 is 9.18 Å². The Morgan fingerprint density at radius 1 is 1.40 bits per heavy atom. The minimum Gasteiger partial charge on any atom is -0.352 e. The lowest BCUT2D eigenvalue weighted by Gasteiger charge is -2.09. The molecule has 106 valence electrons. The van der Waals surface area contributed by atoms with Crippen LogP contribution in [-0.4, -0.2) is 17.0 Å². The number of rotatable bonds is 4. The van der Waals surface area contributed by atoms with E-state index in [0.29, 0.717) is 12.1 Å². The summed E-state index contributed by atoms with van der Waals surface area (Å²) in [7, 11) is 1.72. The lowest BCUT2D eigenvalue weighted by molar-refractivity contribution is 0.0951. The Bertz CT molecular complexity index is 707. The Morgan fingerprint density at radius 3 is 2.85 bits per heavy atom. The fourth-order valence-electron chi connectivity index (χ4n) is 2.10. The van der Waals surface area contributed by atoms with E-state index < -0.39 is 17.2 Å². The van der Waals surface area contributed by atoms with Gasteiger partial charge < -0.3 is 9.88 Å². The highest BCUT2D eigenvalue weighted by Crippen LogP contribution is 2.12. The smallest absolute Gasteiger partial charge is 0.256 e. The molecule has 0 spiro atoms. The number of unbranched alkanes of at least 4 members (excludes halogenated alkanes) is 1. The zero-order valence-corrected chi connectivity index (χ0v) is 11.6. The zero-order chi connectivity index (χ0) is 14.7. The molecule has 5 heteroatoms. The molecule has 2 aromatic rings. The van der Waals surface area contributed by atoms with E-state index in [2.05, 4.69) is 5.32 Å². The van der Waals surface area contributed by atoms with E-state index in [4.69, 9.17) is 0 Å². The van der Waals surface area contributed by atoms with Crippen LogP contribution in [0.15, 0.2) is 29.2 Å². The normalized spacial score (nSPS) is 10.8. The molecule has 0 saturated carbocycles. The summed E-state index contributed by atoms with van der Waals surface area (Å²) in [6, 6.07) is 3.99. The second-order valence-corrected chi connectivity index (χ2v) is 4.75. The number of fused-ring (bicyclic) bond motifs is 1. The van der Waals surface area contributed by atoms with Gasteiger partial charge in [0.2, 0.25) is 5.43 Å². The van der Waals surface area contributed by atoms with Crippen molar-refractivity contribution in [1.82, 2.24) is 9.88 Å². The highest BCUT2D eigenvalue weighted by Gasteiger charge is 2.14. The molecule has 2 rings (SSSR count). The maximum Gasteiger partial charge on any atom is 0.256 e. The molecule has 0 atom stereocenters. The van der Waals surface area contributed by atoms with Gasteiger partial charge in [-0.3, -0.25) is 9.59 Å². The van der Waals surface area contributed by atoms with Crippen molar-refractivity contribution in [3.8, 4) is 0 Å². The van der Waals surface area contributed by atoms with Gasteiger partial charge in [-0.25, -0.2) is 4.39 Å². The minimum atomic E-state index is -0.488. The van der Waals surface area contributed by atoms with E-state index in [9.17, 15) is 14.0 Å². The number of amides is 1. The molecular formula is C15H17FN2O2. The lowest BCUT2D eigenvalue weighted by atomic mass is 10.1. The summed E-state index contributed by atoms with van der Waals surface area (Å²) in [5, 5.41) is 2.92. The molecule has 4 nitrogen and oxygen atoms in total. The van der Waals surface area contributed by atoms with E-state index >= 15 is 0 Å². The fourth-order valence-corrected chi connectivity index (χ4v) is 2.10. The van der Waals surface area contributed by atoms with Crippen LogP contribution in [-0.2, 0) is 7.05 Å². The van der Waals surface area contributed by atoms with E-state index in [1.54, 1.807) is 11.6 Å². The zero-order valence-electron chi connectivity index (χ0n) is 11.6. The monoisotopic (exact) mass is 276 g/mol. The average molecular weight is 276 g/mol. The second kappa shape index (κ2) is 5.86. The van der Waals surface area contributed by atoms with Gasteiger partial charge in [0, 0.05) is 25.2 Å². The van der Waals surface area contributed by atoms with Crippen molar-refractivity contribution in [3.63, 3.8) is 0 Å². The molecule has 0 unspecified atom stereocenters. The Morgan fingerprint density at radius 2 is 2.15 bits per heavy atom. The molecule has 0 radical (unpaired) electrons. The molecule has 0 aliphatic rings. The highest BCUT2D eigenvalue weighted by molar-refractivity contribution is 5.97. The maximum atomic E-state index is 13.3. The van der Waals surface area contributed by atoms with Gasteiger partial charge >= 0.3 is 0 Å². The van der Waals surface area contributed by atoms with Gasteiger partial charge in [0.25, 0.3) is 5.91 Å². The van der Waals surface area contributed by atoms with Crippen LogP contribution in [0.25, 0.3) is 10.9 Å². The van der Waals surface area contributed by atoms with Crippen LogP contribution in [0, 0.1) is 5.82 Å². The molecule has 20 heavy (non-hydrogen) atoms.